The predicted molar refractivity (Wildman–Crippen MR) is 97.0 cm³/mol. The molecule has 2 aromatic rings. The number of amidine groups is 1. The molecule has 0 bridgehead atoms. The quantitative estimate of drug-likeness (QED) is 0.858. The van der Waals surface area contributed by atoms with E-state index in [1.165, 1.54) is 0 Å². The van der Waals surface area contributed by atoms with Crippen LogP contribution in [0.1, 0.15) is 5.76 Å². The summed E-state index contributed by atoms with van der Waals surface area (Å²) in [5.41, 5.74) is 4.88. The van der Waals surface area contributed by atoms with Crippen molar-refractivity contribution in [2.24, 2.45) is 10.1 Å². The third-order valence-corrected chi connectivity index (χ3v) is 5.17. The first kappa shape index (κ1) is 15.7. The van der Waals surface area contributed by atoms with E-state index in [9.17, 15) is 0 Å². The number of nitrogens with one attached hydrogen (secondary N) is 2. The van der Waals surface area contributed by atoms with Crippen LogP contribution in [0.3, 0.4) is 0 Å². The second-order valence-electron chi connectivity index (χ2n) is 5.91. The van der Waals surface area contributed by atoms with Crippen LogP contribution < -0.4 is 10.3 Å². The lowest BCUT2D eigenvalue weighted by molar-refractivity contribution is -0.906. The first-order valence-electron chi connectivity index (χ1n) is 8.28. The molecule has 0 unspecified atom stereocenters. The highest BCUT2D eigenvalue weighted by molar-refractivity contribution is 8.14. The summed E-state index contributed by atoms with van der Waals surface area (Å²) >= 11 is 1.68. The number of hydrogen-bond donors (Lipinski definition) is 2. The highest BCUT2D eigenvalue weighted by Gasteiger charge is 2.17. The van der Waals surface area contributed by atoms with Gasteiger partial charge in [0.05, 0.1) is 26.3 Å². The molecule has 126 valence electrons. The number of ether oxygens (including phenoxy) is 1. The molecule has 1 aromatic carbocycles. The number of morpholine rings is 1. The highest BCUT2D eigenvalue weighted by Crippen LogP contribution is 2.22. The van der Waals surface area contributed by atoms with Crippen molar-refractivity contribution in [3.63, 3.8) is 0 Å². The average Bonchev–Trinajstić information content (AvgIpc) is 3.07. The van der Waals surface area contributed by atoms with E-state index in [2.05, 4.69) is 15.5 Å². The first-order chi connectivity index (χ1) is 11.9. The normalized spacial score (nSPS) is 21.0. The average molecular weight is 345 g/mol. The van der Waals surface area contributed by atoms with Crippen molar-refractivity contribution in [3.8, 4) is 0 Å². The maximum absolute atomic E-state index is 5.86. The summed E-state index contributed by atoms with van der Waals surface area (Å²) in [6, 6.07) is 10.1. The van der Waals surface area contributed by atoms with Crippen molar-refractivity contribution in [1.82, 2.24) is 5.43 Å². The van der Waals surface area contributed by atoms with Crippen LogP contribution in [0.5, 0.6) is 0 Å². The summed E-state index contributed by atoms with van der Waals surface area (Å²) in [4.78, 5) is 6.18. The maximum atomic E-state index is 5.86. The minimum absolute atomic E-state index is 0.774. The lowest BCUT2D eigenvalue weighted by Gasteiger charge is -2.23. The van der Waals surface area contributed by atoms with Crippen LogP contribution in [0.15, 0.2) is 44.8 Å². The van der Waals surface area contributed by atoms with Gasteiger partial charge in [-0.25, -0.2) is 0 Å². The van der Waals surface area contributed by atoms with Gasteiger partial charge in [0.1, 0.15) is 24.4 Å². The van der Waals surface area contributed by atoms with Crippen LogP contribution >= 0.6 is 11.8 Å². The van der Waals surface area contributed by atoms with Gasteiger partial charge in [-0.2, -0.15) is 5.10 Å². The molecule has 0 atom stereocenters. The number of para-hydroxylation sites is 1. The number of furan rings is 1. The Morgan fingerprint density at radius 1 is 1.25 bits per heavy atom. The van der Waals surface area contributed by atoms with Gasteiger partial charge < -0.3 is 14.1 Å². The van der Waals surface area contributed by atoms with Gasteiger partial charge >= 0.3 is 0 Å². The van der Waals surface area contributed by atoms with Crippen molar-refractivity contribution in [1.29, 1.82) is 0 Å². The van der Waals surface area contributed by atoms with Crippen LogP contribution in [-0.2, 0) is 4.74 Å². The Bertz CT molecular complexity index is 732. The fourth-order valence-corrected chi connectivity index (χ4v) is 3.65. The van der Waals surface area contributed by atoms with Crippen LogP contribution in [0.25, 0.3) is 11.0 Å². The number of hydrazone groups is 1. The Kier molecular flexibility index (Phi) is 4.82. The van der Waals surface area contributed by atoms with Gasteiger partial charge in [0.15, 0.2) is 10.9 Å². The van der Waals surface area contributed by atoms with Crippen LogP contribution in [-0.4, -0.2) is 56.0 Å². The molecule has 1 aromatic heterocycles. The van der Waals surface area contributed by atoms with E-state index in [1.807, 2.05) is 30.3 Å². The van der Waals surface area contributed by atoms with Crippen molar-refractivity contribution in [3.05, 3.63) is 36.1 Å². The fraction of sp³-hybridized carbons (Fsp3) is 0.412. The smallest absolute Gasteiger partial charge is 0.177 e. The number of rotatable bonds is 4. The summed E-state index contributed by atoms with van der Waals surface area (Å²) < 4.78 is 11.2. The van der Waals surface area contributed by atoms with E-state index in [4.69, 9.17) is 9.15 Å². The first-order valence-corrected chi connectivity index (χ1v) is 9.27. The number of thioether (sulfide) groups is 1. The van der Waals surface area contributed by atoms with Gasteiger partial charge in [0.25, 0.3) is 0 Å². The molecule has 3 heterocycles. The summed E-state index contributed by atoms with van der Waals surface area (Å²) in [5.74, 6) is 1.60. The Labute approximate surface area is 144 Å². The zero-order chi connectivity index (χ0) is 16.2. The lowest BCUT2D eigenvalue weighted by atomic mass is 10.2. The van der Waals surface area contributed by atoms with Crippen LogP contribution in [0.4, 0.5) is 0 Å². The van der Waals surface area contributed by atoms with Gasteiger partial charge in [-0.15, -0.1) is 0 Å². The lowest BCUT2D eigenvalue weighted by Crippen LogP contribution is -3.14. The molecule has 0 amide bonds. The Balaban J connectivity index is 1.35. The van der Waals surface area contributed by atoms with Gasteiger partial charge in [0, 0.05) is 11.1 Å². The van der Waals surface area contributed by atoms with E-state index in [0.717, 1.165) is 72.8 Å². The van der Waals surface area contributed by atoms with Crippen molar-refractivity contribution in [2.75, 3.05) is 45.1 Å². The standard InChI is InChI=1S/C17H20N4O2S/c1-2-4-15-13(3-1)11-16(23-15)14-12-24-17(20-19-14)18-5-6-21-7-9-22-10-8-21/h1-4,11H,5-10,12H2,(H,18,20)/p+1. The van der Waals surface area contributed by atoms with E-state index in [1.54, 1.807) is 16.7 Å². The second-order valence-corrected chi connectivity index (χ2v) is 6.87. The molecular weight excluding hydrogens is 324 g/mol. The number of nitrogens with zero attached hydrogens (tertiary/aromatic N) is 2. The minimum atomic E-state index is 0.774. The van der Waals surface area contributed by atoms with Gasteiger partial charge in [0.2, 0.25) is 0 Å². The molecule has 0 spiro atoms. The third kappa shape index (κ3) is 3.63. The largest absolute Gasteiger partial charge is 0.455 e. The molecule has 0 radical (unpaired) electrons. The zero-order valence-corrected chi connectivity index (χ0v) is 14.3. The number of aliphatic imine (C=N–C) groups is 1. The van der Waals surface area contributed by atoms with Crippen molar-refractivity contribution < 1.29 is 14.1 Å². The number of fused-ring (bicyclic) bond motifs is 1. The molecule has 2 N–H and O–H groups in total. The Morgan fingerprint density at radius 3 is 2.92 bits per heavy atom. The zero-order valence-electron chi connectivity index (χ0n) is 13.5. The number of benzene rings is 1. The summed E-state index contributed by atoms with van der Waals surface area (Å²) in [5, 5.41) is 6.43. The van der Waals surface area contributed by atoms with E-state index < -0.39 is 0 Å². The minimum Gasteiger partial charge on any atom is -0.455 e. The molecule has 7 heteroatoms. The Hall–Kier alpha value is -1.83. The summed E-state index contributed by atoms with van der Waals surface area (Å²) in [7, 11) is 0. The van der Waals surface area contributed by atoms with Gasteiger partial charge in [-0.3, -0.25) is 10.4 Å². The Morgan fingerprint density at radius 2 is 2.12 bits per heavy atom. The van der Waals surface area contributed by atoms with E-state index in [-0.39, 0.29) is 0 Å². The number of quaternary nitrogens is 1. The summed E-state index contributed by atoms with van der Waals surface area (Å²) in [6.07, 6.45) is 0. The van der Waals surface area contributed by atoms with Crippen LogP contribution in [0, 0.1) is 0 Å². The van der Waals surface area contributed by atoms with E-state index in [0.29, 0.717) is 0 Å². The molecule has 24 heavy (non-hydrogen) atoms. The maximum Gasteiger partial charge on any atom is 0.177 e. The molecule has 2 aliphatic heterocycles. The predicted octanol–water partition coefficient (Wildman–Crippen LogP) is 0.744. The summed E-state index contributed by atoms with van der Waals surface area (Å²) in [6.45, 7) is 5.77. The monoisotopic (exact) mass is 345 g/mol. The number of hydrogen-bond acceptors (Lipinski definition) is 5. The molecule has 0 saturated carbocycles. The fourth-order valence-electron chi connectivity index (χ4n) is 2.87. The molecule has 6 nitrogen and oxygen atoms in total. The highest BCUT2D eigenvalue weighted by atomic mass is 32.2. The van der Waals surface area contributed by atoms with Crippen LogP contribution in [0.2, 0.25) is 0 Å². The topological polar surface area (TPSA) is 63.6 Å². The van der Waals surface area contributed by atoms with Crippen molar-refractivity contribution >= 4 is 33.6 Å². The third-order valence-electron chi connectivity index (χ3n) is 4.26. The van der Waals surface area contributed by atoms with Gasteiger partial charge in [-0.1, -0.05) is 30.0 Å². The molecule has 2 aliphatic rings. The molecule has 1 saturated heterocycles. The van der Waals surface area contributed by atoms with Crippen molar-refractivity contribution in [2.45, 2.75) is 0 Å². The van der Waals surface area contributed by atoms with Gasteiger partial charge in [-0.05, 0) is 12.1 Å². The molecule has 4 rings (SSSR count). The SMILES string of the molecule is c1ccc2oc(C3=NNC(=NCC[NH+]4CCOCC4)SC3)cc2c1. The molecule has 0 aliphatic carbocycles. The second kappa shape index (κ2) is 7.38. The molecule has 1 fully saturated rings. The molecular formula is C17H21N4O2S+. The van der Waals surface area contributed by atoms with E-state index >= 15 is 0 Å².